The number of hydrazone groups is 1. The summed E-state index contributed by atoms with van der Waals surface area (Å²) in [5.41, 5.74) is 9.17. The SMILES string of the molecule is C=C1c2c(c(C)n(-c3cccc(N4CCC4)c3)c2C)C=NN1c1ccccc1.CC. The quantitative estimate of drug-likeness (QED) is 0.528. The van der Waals surface area contributed by atoms with Gasteiger partial charge in [0.25, 0.3) is 0 Å². The van der Waals surface area contributed by atoms with Crippen LogP contribution < -0.4 is 9.91 Å². The van der Waals surface area contributed by atoms with E-state index in [-0.39, 0.29) is 0 Å². The van der Waals surface area contributed by atoms with Gasteiger partial charge in [0.15, 0.2) is 0 Å². The molecular formula is C26H30N4. The summed E-state index contributed by atoms with van der Waals surface area (Å²) < 4.78 is 2.33. The first kappa shape index (κ1) is 20.0. The van der Waals surface area contributed by atoms with E-state index in [0.717, 1.165) is 30.0 Å². The number of para-hydroxylation sites is 1. The molecule has 4 nitrogen and oxygen atoms in total. The number of fused-ring (bicyclic) bond motifs is 1. The van der Waals surface area contributed by atoms with Gasteiger partial charge in [0.2, 0.25) is 0 Å². The van der Waals surface area contributed by atoms with Gasteiger partial charge < -0.3 is 9.47 Å². The Bertz CT molecular complexity index is 1090. The van der Waals surface area contributed by atoms with Gasteiger partial charge in [-0.25, -0.2) is 5.01 Å². The topological polar surface area (TPSA) is 23.8 Å². The van der Waals surface area contributed by atoms with Gasteiger partial charge in [-0.1, -0.05) is 44.7 Å². The maximum Gasteiger partial charge on any atom is 0.0678 e. The highest BCUT2D eigenvalue weighted by Gasteiger charge is 2.26. The van der Waals surface area contributed by atoms with E-state index >= 15 is 0 Å². The standard InChI is InChI=1S/C24H24N4.C2H6/c1-17-23-16-25-28(20-9-5-4-6-10-20)19(3)24(23)18(2)27(17)22-12-7-11-21(15-22)26-13-8-14-26;1-2/h4-7,9-12,15-16H,3,8,13-14H2,1-2H3;1-2H3. The lowest BCUT2D eigenvalue weighted by Crippen LogP contribution is -2.36. The number of nitrogens with zero attached hydrogens (tertiary/aromatic N) is 4. The Kier molecular flexibility index (Phi) is 5.49. The first-order chi connectivity index (χ1) is 14.6. The molecule has 0 amide bonds. The van der Waals surface area contributed by atoms with Gasteiger partial charge in [-0.3, -0.25) is 0 Å². The van der Waals surface area contributed by atoms with E-state index in [4.69, 9.17) is 0 Å². The highest BCUT2D eigenvalue weighted by molar-refractivity contribution is 5.98. The maximum absolute atomic E-state index is 4.69. The van der Waals surface area contributed by atoms with Crippen molar-refractivity contribution in [3.63, 3.8) is 0 Å². The summed E-state index contributed by atoms with van der Waals surface area (Å²) in [6.07, 6.45) is 3.25. The molecule has 5 rings (SSSR count). The highest BCUT2D eigenvalue weighted by Crippen LogP contribution is 2.37. The first-order valence-corrected chi connectivity index (χ1v) is 10.8. The summed E-state index contributed by atoms with van der Waals surface area (Å²) in [5.74, 6) is 0. The Balaban J connectivity index is 0.00000106. The van der Waals surface area contributed by atoms with Gasteiger partial charge in [0.05, 0.1) is 17.6 Å². The van der Waals surface area contributed by atoms with E-state index in [1.165, 1.54) is 34.7 Å². The molecular weight excluding hydrogens is 368 g/mol. The van der Waals surface area contributed by atoms with E-state index in [1.807, 2.05) is 43.3 Å². The smallest absolute Gasteiger partial charge is 0.0678 e. The zero-order valence-corrected chi connectivity index (χ0v) is 18.4. The molecule has 154 valence electrons. The van der Waals surface area contributed by atoms with Gasteiger partial charge >= 0.3 is 0 Å². The van der Waals surface area contributed by atoms with Crippen LogP contribution in [0.25, 0.3) is 11.4 Å². The largest absolute Gasteiger partial charge is 0.371 e. The molecule has 0 saturated carbocycles. The molecule has 0 radical (unpaired) electrons. The van der Waals surface area contributed by atoms with Crippen molar-refractivity contribution >= 4 is 23.3 Å². The minimum Gasteiger partial charge on any atom is -0.371 e. The van der Waals surface area contributed by atoms with Crippen LogP contribution in [0.1, 0.15) is 42.8 Å². The summed E-state index contributed by atoms with van der Waals surface area (Å²) in [6.45, 7) is 15.0. The minimum atomic E-state index is 0.918. The van der Waals surface area contributed by atoms with Crippen LogP contribution in [-0.2, 0) is 0 Å². The first-order valence-electron chi connectivity index (χ1n) is 10.8. The summed E-state index contributed by atoms with van der Waals surface area (Å²) in [7, 11) is 0. The molecule has 3 heterocycles. The lowest BCUT2D eigenvalue weighted by atomic mass is 10.1. The molecule has 0 bridgehead atoms. The molecule has 1 saturated heterocycles. The number of hydrogen-bond acceptors (Lipinski definition) is 3. The maximum atomic E-state index is 4.69. The third kappa shape index (κ3) is 3.22. The average molecular weight is 399 g/mol. The van der Waals surface area contributed by atoms with Crippen molar-refractivity contribution in [3.05, 3.63) is 83.7 Å². The number of aromatic nitrogens is 1. The van der Waals surface area contributed by atoms with Gasteiger partial charge in [0.1, 0.15) is 0 Å². The number of rotatable bonds is 3. The molecule has 3 aromatic rings. The van der Waals surface area contributed by atoms with Gasteiger partial charge in [-0.05, 0) is 50.6 Å². The van der Waals surface area contributed by atoms with Crippen molar-refractivity contribution in [2.24, 2.45) is 5.10 Å². The molecule has 0 atom stereocenters. The summed E-state index contributed by atoms with van der Waals surface area (Å²) in [4.78, 5) is 2.43. The van der Waals surface area contributed by atoms with Crippen LogP contribution in [0.15, 0.2) is 66.3 Å². The van der Waals surface area contributed by atoms with E-state index < -0.39 is 0 Å². The second-order valence-corrected chi connectivity index (χ2v) is 7.49. The van der Waals surface area contributed by atoms with Crippen LogP contribution >= 0.6 is 0 Å². The molecule has 30 heavy (non-hydrogen) atoms. The van der Waals surface area contributed by atoms with Crippen LogP contribution in [0.2, 0.25) is 0 Å². The molecule has 1 aromatic heterocycles. The zero-order valence-electron chi connectivity index (χ0n) is 18.4. The zero-order chi connectivity index (χ0) is 21.3. The van der Waals surface area contributed by atoms with Crippen molar-refractivity contribution in [1.29, 1.82) is 0 Å². The van der Waals surface area contributed by atoms with E-state index in [2.05, 4.69) is 71.4 Å². The van der Waals surface area contributed by atoms with Gasteiger partial charge in [-0.15, -0.1) is 0 Å². The van der Waals surface area contributed by atoms with Crippen LogP contribution in [0.3, 0.4) is 0 Å². The summed E-state index contributed by atoms with van der Waals surface area (Å²) in [5, 5.41) is 6.61. The normalized spacial score (nSPS) is 14.7. The lowest BCUT2D eigenvalue weighted by Gasteiger charge is -2.33. The predicted octanol–water partition coefficient (Wildman–Crippen LogP) is 6.16. The van der Waals surface area contributed by atoms with Crippen molar-refractivity contribution in [2.75, 3.05) is 23.0 Å². The van der Waals surface area contributed by atoms with Crippen molar-refractivity contribution in [3.8, 4) is 5.69 Å². The molecule has 2 aliphatic rings. The minimum absolute atomic E-state index is 0.918. The molecule has 0 N–H and O–H groups in total. The van der Waals surface area contributed by atoms with E-state index in [1.54, 1.807) is 0 Å². The fourth-order valence-electron chi connectivity index (χ4n) is 4.26. The monoisotopic (exact) mass is 398 g/mol. The molecule has 1 fully saturated rings. The number of anilines is 2. The Hall–Kier alpha value is -3.27. The summed E-state index contributed by atoms with van der Waals surface area (Å²) in [6, 6.07) is 19.0. The summed E-state index contributed by atoms with van der Waals surface area (Å²) >= 11 is 0. The number of benzene rings is 2. The lowest BCUT2D eigenvalue weighted by molar-refractivity contribution is 0.617. The van der Waals surface area contributed by atoms with Crippen molar-refractivity contribution < 1.29 is 0 Å². The van der Waals surface area contributed by atoms with Gasteiger partial charge in [0, 0.05) is 47.0 Å². The molecule has 2 aromatic carbocycles. The Morgan fingerprint density at radius 3 is 2.17 bits per heavy atom. The highest BCUT2D eigenvalue weighted by atomic mass is 15.5. The fraction of sp³-hybridized carbons (Fsp3) is 0.269. The Morgan fingerprint density at radius 2 is 1.50 bits per heavy atom. The van der Waals surface area contributed by atoms with E-state index in [9.17, 15) is 0 Å². The Morgan fingerprint density at radius 1 is 0.833 bits per heavy atom. The van der Waals surface area contributed by atoms with Gasteiger partial charge in [-0.2, -0.15) is 5.10 Å². The van der Waals surface area contributed by atoms with Crippen molar-refractivity contribution in [1.82, 2.24) is 4.57 Å². The van der Waals surface area contributed by atoms with E-state index in [0.29, 0.717) is 0 Å². The Labute approximate surface area is 179 Å². The molecule has 2 aliphatic heterocycles. The molecule has 0 unspecified atom stereocenters. The van der Waals surface area contributed by atoms with Crippen LogP contribution in [-0.4, -0.2) is 23.9 Å². The predicted molar refractivity (Wildman–Crippen MR) is 129 cm³/mol. The van der Waals surface area contributed by atoms with Crippen molar-refractivity contribution in [2.45, 2.75) is 34.1 Å². The van der Waals surface area contributed by atoms with Crippen LogP contribution in [0.5, 0.6) is 0 Å². The average Bonchev–Trinajstić information content (AvgIpc) is 3.00. The third-order valence-corrected chi connectivity index (χ3v) is 5.85. The fourth-order valence-corrected chi connectivity index (χ4v) is 4.26. The second-order valence-electron chi connectivity index (χ2n) is 7.49. The number of hydrogen-bond donors (Lipinski definition) is 0. The molecule has 0 aliphatic carbocycles. The van der Waals surface area contributed by atoms with Crippen LogP contribution in [0, 0.1) is 13.8 Å². The molecule has 4 heteroatoms. The second kappa shape index (κ2) is 8.23. The third-order valence-electron chi connectivity index (χ3n) is 5.85. The molecule has 0 spiro atoms. The van der Waals surface area contributed by atoms with Crippen LogP contribution in [0.4, 0.5) is 11.4 Å².